The Morgan fingerprint density at radius 2 is 1.79 bits per heavy atom. The summed E-state index contributed by atoms with van der Waals surface area (Å²) in [6.07, 6.45) is -1.94. The van der Waals surface area contributed by atoms with Gasteiger partial charge in [0.1, 0.15) is 0 Å². The summed E-state index contributed by atoms with van der Waals surface area (Å²) in [5, 5.41) is 2.33. The van der Waals surface area contributed by atoms with Gasteiger partial charge in [-0.05, 0) is 25.3 Å². The first-order valence-corrected chi connectivity index (χ1v) is 4.73. The Kier molecular flexibility index (Phi) is 6.08. The van der Waals surface area contributed by atoms with Gasteiger partial charge in [-0.25, -0.2) is 8.78 Å². The molecule has 0 aromatic rings. The summed E-state index contributed by atoms with van der Waals surface area (Å²) in [5.41, 5.74) is 0. The third kappa shape index (κ3) is 6.18. The molecule has 0 spiro atoms. The van der Waals surface area contributed by atoms with E-state index in [9.17, 15) is 17.6 Å². The van der Waals surface area contributed by atoms with Gasteiger partial charge in [-0.2, -0.15) is 8.78 Å². The van der Waals surface area contributed by atoms with Gasteiger partial charge in [0.05, 0.1) is 6.54 Å². The van der Waals surface area contributed by atoms with E-state index in [1.807, 2.05) is 13.8 Å². The summed E-state index contributed by atoms with van der Waals surface area (Å²) in [6, 6.07) is 0. The van der Waals surface area contributed by atoms with E-state index in [-0.39, 0.29) is 0 Å². The topological polar surface area (TPSA) is 12.0 Å². The number of hydrogen-bond donors (Lipinski definition) is 1. The molecule has 0 bridgehead atoms. The first-order valence-electron chi connectivity index (χ1n) is 4.73. The lowest BCUT2D eigenvalue weighted by molar-refractivity contribution is -0.125. The fourth-order valence-electron chi connectivity index (χ4n) is 0.968. The van der Waals surface area contributed by atoms with Gasteiger partial charge in [-0.15, -0.1) is 0 Å². The van der Waals surface area contributed by atoms with Gasteiger partial charge in [-0.1, -0.05) is 13.8 Å². The second-order valence-electron chi connectivity index (χ2n) is 3.77. The molecule has 14 heavy (non-hydrogen) atoms. The number of hydrogen-bond acceptors (Lipinski definition) is 1. The fraction of sp³-hybridized carbons (Fsp3) is 1.00. The van der Waals surface area contributed by atoms with Crippen molar-refractivity contribution in [2.45, 2.75) is 39.0 Å². The van der Waals surface area contributed by atoms with E-state index in [0.29, 0.717) is 12.5 Å². The molecule has 0 radical (unpaired) electrons. The number of alkyl halides is 4. The van der Waals surface area contributed by atoms with Crippen LogP contribution in [-0.4, -0.2) is 25.4 Å². The number of halogens is 4. The van der Waals surface area contributed by atoms with Crippen LogP contribution in [0.2, 0.25) is 0 Å². The molecule has 1 nitrogen and oxygen atoms in total. The lowest BCUT2D eigenvalue weighted by Gasteiger charge is -2.15. The van der Waals surface area contributed by atoms with Gasteiger partial charge >= 0.3 is 12.3 Å². The predicted octanol–water partition coefficient (Wildman–Crippen LogP) is 2.91. The summed E-state index contributed by atoms with van der Waals surface area (Å²) < 4.78 is 48.0. The van der Waals surface area contributed by atoms with Crippen LogP contribution in [-0.2, 0) is 0 Å². The summed E-state index contributed by atoms with van der Waals surface area (Å²) in [5.74, 6) is -3.40. The van der Waals surface area contributed by atoms with Crippen molar-refractivity contribution in [3.05, 3.63) is 0 Å². The van der Waals surface area contributed by atoms with Crippen LogP contribution in [0.5, 0.6) is 0 Å². The standard InChI is InChI=1S/C9H17F4N/c1-7(2)4-3-5-14-6-9(12,13)8(10)11/h7-8,14H,3-6H2,1-2H3. The molecule has 0 aromatic heterocycles. The quantitative estimate of drug-likeness (QED) is 0.508. The molecule has 0 aliphatic carbocycles. The van der Waals surface area contributed by atoms with Crippen LogP contribution in [0.3, 0.4) is 0 Å². The maximum atomic E-state index is 12.3. The molecule has 0 amide bonds. The molecule has 0 aliphatic heterocycles. The fourth-order valence-corrected chi connectivity index (χ4v) is 0.968. The van der Waals surface area contributed by atoms with Gasteiger partial charge in [0.25, 0.3) is 0 Å². The van der Waals surface area contributed by atoms with Crippen LogP contribution in [0.4, 0.5) is 17.6 Å². The predicted molar refractivity (Wildman–Crippen MR) is 47.9 cm³/mol. The van der Waals surface area contributed by atoms with E-state index in [4.69, 9.17) is 0 Å². The van der Waals surface area contributed by atoms with Crippen LogP contribution in [0.15, 0.2) is 0 Å². The van der Waals surface area contributed by atoms with Gasteiger partial charge in [0.15, 0.2) is 0 Å². The molecule has 0 unspecified atom stereocenters. The second kappa shape index (κ2) is 6.22. The first-order chi connectivity index (χ1) is 6.36. The lowest BCUT2D eigenvalue weighted by Crippen LogP contribution is -2.39. The van der Waals surface area contributed by atoms with Crippen molar-refractivity contribution in [1.82, 2.24) is 5.32 Å². The molecular weight excluding hydrogens is 198 g/mol. The van der Waals surface area contributed by atoms with Crippen molar-refractivity contribution in [2.24, 2.45) is 5.92 Å². The number of rotatable bonds is 7. The first kappa shape index (κ1) is 13.7. The van der Waals surface area contributed by atoms with Gasteiger partial charge in [-0.3, -0.25) is 0 Å². The molecule has 0 rings (SSSR count). The molecule has 0 aromatic carbocycles. The summed E-state index contributed by atoms with van der Waals surface area (Å²) >= 11 is 0. The number of nitrogens with one attached hydrogen (secondary N) is 1. The van der Waals surface area contributed by atoms with Crippen molar-refractivity contribution in [2.75, 3.05) is 13.1 Å². The van der Waals surface area contributed by atoms with E-state index >= 15 is 0 Å². The Morgan fingerprint density at radius 3 is 2.21 bits per heavy atom. The van der Waals surface area contributed by atoms with Crippen LogP contribution < -0.4 is 5.32 Å². The van der Waals surface area contributed by atoms with E-state index in [1.54, 1.807) is 0 Å². The molecule has 86 valence electrons. The second-order valence-corrected chi connectivity index (χ2v) is 3.77. The highest BCUT2D eigenvalue weighted by Gasteiger charge is 2.39. The minimum Gasteiger partial charge on any atom is -0.311 e. The summed E-state index contributed by atoms with van der Waals surface area (Å²) in [6.45, 7) is 3.46. The summed E-state index contributed by atoms with van der Waals surface area (Å²) in [4.78, 5) is 0. The molecule has 0 aliphatic rings. The van der Waals surface area contributed by atoms with Gasteiger partial charge in [0, 0.05) is 0 Å². The van der Waals surface area contributed by atoms with Crippen molar-refractivity contribution in [1.29, 1.82) is 0 Å². The monoisotopic (exact) mass is 215 g/mol. The molecule has 0 saturated heterocycles. The molecule has 1 N–H and O–H groups in total. The highest BCUT2D eigenvalue weighted by Crippen LogP contribution is 2.21. The maximum absolute atomic E-state index is 12.3. The van der Waals surface area contributed by atoms with Crippen molar-refractivity contribution in [3.8, 4) is 0 Å². The molecular formula is C9H17F4N. The van der Waals surface area contributed by atoms with Gasteiger partial charge < -0.3 is 5.32 Å². The van der Waals surface area contributed by atoms with E-state index in [0.717, 1.165) is 12.8 Å². The zero-order chi connectivity index (χ0) is 11.2. The van der Waals surface area contributed by atoms with Crippen molar-refractivity contribution >= 4 is 0 Å². The Hall–Kier alpha value is -0.320. The van der Waals surface area contributed by atoms with E-state index < -0.39 is 18.9 Å². The smallest absolute Gasteiger partial charge is 0.311 e. The Balaban J connectivity index is 3.45. The van der Waals surface area contributed by atoms with Crippen LogP contribution >= 0.6 is 0 Å². The highest BCUT2D eigenvalue weighted by atomic mass is 19.3. The average Bonchev–Trinajstić information content (AvgIpc) is 2.02. The minimum absolute atomic E-state index is 0.362. The zero-order valence-corrected chi connectivity index (χ0v) is 8.49. The van der Waals surface area contributed by atoms with Crippen LogP contribution in [0, 0.1) is 5.92 Å². The van der Waals surface area contributed by atoms with Gasteiger partial charge in [0.2, 0.25) is 0 Å². The maximum Gasteiger partial charge on any atom is 0.319 e. The Morgan fingerprint density at radius 1 is 1.21 bits per heavy atom. The highest BCUT2D eigenvalue weighted by molar-refractivity contribution is 4.71. The lowest BCUT2D eigenvalue weighted by atomic mass is 10.1. The molecule has 0 fully saturated rings. The SMILES string of the molecule is CC(C)CCCNCC(F)(F)C(F)F. The van der Waals surface area contributed by atoms with E-state index in [1.165, 1.54) is 0 Å². The van der Waals surface area contributed by atoms with Crippen LogP contribution in [0.1, 0.15) is 26.7 Å². The van der Waals surface area contributed by atoms with Crippen molar-refractivity contribution < 1.29 is 17.6 Å². The molecule has 0 atom stereocenters. The molecule has 0 heterocycles. The minimum atomic E-state index is -3.90. The van der Waals surface area contributed by atoms with Crippen molar-refractivity contribution in [3.63, 3.8) is 0 Å². The Bertz CT molecular complexity index is 148. The average molecular weight is 215 g/mol. The normalized spacial score (nSPS) is 12.9. The summed E-state index contributed by atoms with van der Waals surface area (Å²) in [7, 11) is 0. The Labute approximate surface area is 81.9 Å². The largest absolute Gasteiger partial charge is 0.319 e. The molecule has 0 saturated carbocycles. The third-order valence-electron chi connectivity index (χ3n) is 1.81. The zero-order valence-electron chi connectivity index (χ0n) is 8.49. The van der Waals surface area contributed by atoms with Crippen LogP contribution in [0.25, 0.3) is 0 Å². The molecule has 5 heteroatoms. The third-order valence-corrected chi connectivity index (χ3v) is 1.81. The van der Waals surface area contributed by atoms with E-state index in [2.05, 4.69) is 5.32 Å².